The van der Waals surface area contributed by atoms with Crippen molar-refractivity contribution in [3.8, 4) is 0 Å². The number of hydrogen-bond donors (Lipinski definition) is 1. The van der Waals surface area contributed by atoms with Crippen molar-refractivity contribution in [3.05, 3.63) is 17.2 Å². The SMILES string of the molecule is CCc1nc(C)c(C)n1NC. The molecule has 1 heterocycles. The molecule has 0 amide bonds. The first-order valence-electron chi connectivity index (χ1n) is 3.93. The van der Waals surface area contributed by atoms with Gasteiger partial charge >= 0.3 is 0 Å². The van der Waals surface area contributed by atoms with E-state index in [9.17, 15) is 0 Å². The molecule has 0 saturated carbocycles. The van der Waals surface area contributed by atoms with Crippen molar-refractivity contribution in [2.75, 3.05) is 12.5 Å². The van der Waals surface area contributed by atoms with Gasteiger partial charge in [0.25, 0.3) is 0 Å². The van der Waals surface area contributed by atoms with Crippen LogP contribution in [0.5, 0.6) is 0 Å². The lowest BCUT2D eigenvalue weighted by Crippen LogP contribution is -2.13. The summed E-state index contributed by atoms with van der Waals surface area (Å²) in [4.78, 5) is 4.40. The molecule has 0 unspecified atom stereocenters. The summed E-state index contributed by atoms with van der Waals surface area (Å²) in [5.41, 5.74) is 5.40. The molecule has 0 aliphatic carbocycles. The maximum absolute atomic E-state index is 4.40. The molecule has 0 saturated heterocycles. The van der Waals surface area contributed by atoms with Crippen molar-refractivity contribution >= 4 is 0 Å². The number of aryl methyl sites for hydroxylation is 2. The fourth-order valence-corrected chi connectivity index (χ4v) is 1.21. The van der Waals surface area contributed by atoms with E-state index in [2.05, 4.69) is 24.3 Å². The molecule has 62 valence electrons. The van der Waals surface area contributed by atoms with Crippen LogP contribution < -0.4 is 5.43 Å². The van der Waals surface area contributed by atoms with Crippen molar-refractivity contribution in [1.82, 2.24) is 9.66 Å². The highest BCUT2D eigenvalue weighted by Crippen LogP contribution is 2.07. The minimum atomic E-state index is 0.968. The van der Waals surface area contributed by atoms with Crippen LogP contribution in [0.3, 0.4) is 0 Å². The first-order valence-corrected chi connectivity index (χ1v) is 3.93. The zero-order valence-electron chi connectivity index (χ0n) is 7.60. The fraction of sp³-hybridized carbons (Fsp3) is 0.625. The second-order valence-electron chi connectivity index (χ2n) is 2.61. The number of hydrogen-bond acceptors (Lipinski definition) is 2. The first-order chi connectivity index (χ1) is 5.20. The summed E-state index contributed by atoms with van der Waals surface area (Å²) in [5, 5.41) is 0. The quantitative estimate of drug-likeness (QED) is 0.692. The second kappa shape index (κ2) is 2.95. The van der Waals surface area contributed by atoms with E-state index in [0.717, 1.165) is 17.9 Å². The van der Waals surface area contributed by atoms with Gasteiger partial charge in [-0.3, -0.25) is 0 Å². The molecule has 0 atom stereocenters. The highest BCUT2D eigenvalue weighted by atomic mass is 15.4. The van der Waals surface area contributed by atoms with Gasteiger partial charge < -0.3 is 5.43 Å². The molecule has 3 nitrogen and oxygen atoms in total. The van der Waals surface area contributed by atoms with Crippen LogP contribution in [0.4, 0.5) is 0 Å². The molecule has 1 aromatic heterocycles. The van der Waals surface area contributed by atoms with Crippen molar-refractivity contribution in [3.63, 3.8) is 0 Å². The average Bonchev–Trinajstić information content (AvgIpc) is 2.28. The Kier molecular flexibility index (Phi) is 2.17. The maximum Gasteiger partial charge on any atom is 0.127 e. The van der Waals surface area contributed by atoms with Crippen molar-refractivity contribution in [1.29, 1.82) is 0 Å². The summed E-state index contributed by atoms with van der Waals surface area (Å²) in [6, 6.07) is 0. The third-order valence-electron chi connectivity index (χ3n) is 1.95. The Morgan fingerprint density at radius 1 is 1.45 bits per heavy atom. The maximum atomic E-state index is 4.40. The van der Waals surface area contributed by atoms with E-state index < -0.39 is 0 Å². The van der Waals surface area contributed by atoms with Gasteiger partial charge in [-0.1, -0.05) is 6.92 Å². The van der Waals surface area contributed by atoms with Crippen LogP contribution in [-0.4, -0.2) is 16.7 Å². The number of imidazole rings is 1. The molecule has 11 heavy (non-hydrogen) atoms. The van der Waals surface area contributed by atoms with Crippen LogP contribution in [0.2, 0.25) is 0 Å². The van der Waals surface area contributed by atoms with Crippen molar-refractivity contribution in [2.45, 2.75) is 27.2 Å². The van der Waals surface area contributed by atoms with Crippen molar-refractivity contribution in [2.24, 2.45) is 0 Å². The molecular formula is C8H15N3. The standard InChI is InChI=1S/C8H15N3/c1-5-8-10-6(2)7(3)11(8)9-4/h9H,5H2,1-4H3. The number of nitrogens with one attached hydrogen (secondary N) is 1. The lowest BCUT2D eigenvalue weighted by molar-refractivity contribution is 0.797. The summed E-state index contributed by atoms with van der Waals surface area (Å²) in [6.07, 6.45) is 0.968. The van der Waals surface area contributed by atoms with E-state index in [1.807, 2.05) is 18.6 Å². The molecule has 0 radical (unpaired) electrons. The van der Waals surface area contributed by atoms with E-state index in [0.29, 0.717) is 0 Å². The summed E-state index contributed by atoms with van der Waals surface area (Å²) < 4.78 is 2.02. The summed E-state index contributed by atoms with van der Waals surface area (Å²) >= 11 is 0. The van der Waals surface area contributed by atoms with Crippen LogP contribution in [-0.2, 0) is 6.42 Å². The Morgan fingerprint density at radius 2 is 2.09 bits per heavy atom. The van der Waals surface area contributed by atoms with Gasteiger partial charge in [-0.25, -0.2) is 9.66 Å². The van der Waals surface area contributed by atoms with Gasteiger partial charge in [-0.15, -0.1) is 0 Å². The van der Waals surface area contributed by atoms with Crippen LogP contribution in [0.25, 0.3) is 0 Å². The lowest BCUT2D eigenvalue weighted by atomic mass is 10.4. The monoisotopic (exact) mass is 153 g/mol. The minimum Gasteiger partial charge on any atom is -0.328 e. The molecule has 1 N–H and O–H groups in total. The Bertz CT molecular complexity index is 250. The van der Waals surface area contributed by atoms with Gasteiger partial charge in [0.1, 0.15) is 5.82 Å². The third kappa shape index (κ3) is 1.23. The van der Waals surface area contributed by atoms with E-state index in [4.69, 9.17) is 0 Å². The Hall–Kier alpha value is -0.990. The molecule has 1 rings (SSSR count). The first kappa shape index (κ1) is 8.11. The van der Waals surface area contributed by atoms with Gasteiger partial charge in [-0.2, -0.15) is 0 Å². The zero-order chi connectivity index (χ0) is 8.43. The third-order valence-corrected chi connectivity index (χ3v) is 1.95. The highest BCUT2D eigenvalue weighted by molar-refractivity contribution is 5.15. The largest absolute Gasteiger partial charge is 0.328 e. The summed E-state index contributed by atoms with van der Waals surface area (Å²) in [5.74, 6) is 1.10. The minimum absolute atomic E-state index is 0.968. The molecule has 0 fully saturated rings. The molecule has 0 aromatic carbocycles. The highest BCUT2D eigenvalue weighted by Gasteiger charge is 2.06. The van der Waals surface area contributed by atoms with Crippen LogP contribution in [0.15, 0.2) is 0 Å². The topological polar surface area (TPSA) is 29.9 Å². The van der Waals surface area contributed by atoms with Crippen LogP contribution in [0, 0.1) is 13.8 Å². The van der Waals surface area contributed by atoms with Gasteiger partial charge in [-0.05, 0) is 13.8 Å². The van der Waals surface area contributed by atoms with Gasteiger partial charge in [0, 0.05) is 13.5 Å². The van der Waals surface area contributed by atoms with E-state index in [-0.39, 0.29) is 0 Å². The molecule has 0 bridgehead atoms. The Balaban J connectivity index is 3.15. The Morgan fingerprint density at radius 3 is 2.45 bits per heavy atom. The Labute approximate surface area is 67.4 Å². The summed E-state index contributed by atoms with van der Waals surface area (Å²) in [6.45, 7) is 6.20. The lowest BCUT2D eigenvalue weighted by Gasteiger charge is -2.06. The van der Waals surface area contributed by atoms with Gasteiger partial charge in [0.15, 0.2) is 0 Å². The van der Waals surface area contributed by atoms with Gasteiger partial charge in [0.05, 0.1) is 11.4 Å². The molecular weight excluding hydrogens is 138 g/mol. The molecule has 0 aliphatic rings. The van der Waals surface area contributed by atoms with Gasteiger partial charge in [0.2, 0.25) is 0 Å². The second-order valence-corrected chi connectivity index (χ2v) is 2.61. The number of rotatable bonds is 2. The predicted octanol–water partition coefficient (Wildman–Crippen LogP) is 1.24. The van der Waals surface area contributed by atoms with E-state index in [1.54, 1.807) is 0 Å². The number of aromatic nitrogens is 2. The molecule has 3 heteroatoms. The smallest absolute Gasteiger partial charge is 0.127 e. The zero-order valence-corrected chi connectivity index (χ0v) is 7.60. The average molecular weight is 153 g/mol. The normalized spacial score (nSPS) is 10.2. The molecule has 1 aromatic rings. The van der Waals surface area contributed by atoms with E-state index in [1.165, 1.54) is 5.69 Å². The number of nitrogens with zero attached hydrogens (tertiary/aromatic N) is 2. The molecule has 0 spiro atoms. The predicted molar refractivity (Wildman–Crippen MR) is 46.4 cm³/mol. The van der Waals surface area contributed by atoms with Crippen LogP contribution in [0.1, 0.15) is 24.1 Å². The van der Waals surface area contributed by atoms with Crippen molar-refractivity contribution < 1.29 is 0 Å². The fourth-order valence-electron chi connectivity index (χ4n) is 1.21. The molecule has 0 aliphatic heterocycles. The summed E-state index contributed by atoms with van der Waals surface area (Å²) in [7, 11) is 1.91. The van der Waals surface area contributed by atoms with Crippen LogP contribution >= 0.6 is 0 Å². The van der Waals surface area contributed by atoms with E-state index >= 15 is 0 Å².